The van der Waals surface area contributed by atoms with Crippen molar-refractivity contribution in [2.24, 2.45) is 0 Å². The van der Waals surface area contributed by atoms with Crippen molar-refractivity contribution < 1.29 is 23.7 Å². The smallest absolute Gasteiger partial charge is 0.332 e. The minimum atomic E-state index is -0.536. The molecule has 27 heavy (non-hydrogen) atoms. The average molecular weight is 370 g/mol. The van der Waals surface area contributed by atoms with E-state index in [-0.39, 0.29) is 12.7 Å². The van der Waals surface area contributed by atoms with Gasteiger partial charge >= 0.3 is 5.97 Å². The summed E-state index contributed by atoms with van der Waals surface area (Å²) in [6.45, 7) is 6.20. The highest BCUT2D eigenvalue weighted by Crippen LogP contribution is 2.13. The highest BCUT2D eigenvalue weighted by molar-refractivity contribution is 5.71. The fraction of sp³-hybridized carbons (Fsp3) is 0.318. The molecule has 0 amide bonds. The molecule has 0 aromatic heterocycles. The number of benzene rings is 2. The molecule has 0 N–H and O–H groups in total. The lowest BCUT2D eigenvalue weighted by molar-refractivity contribution is -0.159. The quantitative estimate of drug-likeness (QED) is 0.443. The van der Waals surface area contributed by atoms with Crippen LogP contribution in [-0.4, -0.2) is 31.9 Å². The lowest BCUT2D eigenvalue weighted by Gasteiger charge is -2.21. The number of rotatable bonds is 11. The fourth-order valence-corrected chi connectivity index (χ4v) is 2.39. The van der Waals surface area contributed by atoms with Crippen LogP contribution >= 0.6 is 0 Å². The molecular weight excluding hydrogens is 344 g/mol. The van der Waals surface area contributed by atoms with E-state index in [0.717, 1.165) is 16.9 Å². The summed E-state index contributed by atoms with van der Waals surface area (Å²) in [5, 5.41) is 0. The van der Waals surface area contributed by atoms with E-state index in [0.29, 0.717) is 13.2 Å². The van der Waals surface area contributed by atoms with Gasteiger partial charge in [-0.25, -0.2) is 4.79 Å². The second-order valence-electron chi connectivity index (χ2n) is 6.03. The molecule has 0 aliphatic carbocycles. The third-order valence-electron chi connectivity index (χ3n) is 3.97. The van der Waals surface area contributed by atoms with Gasteiger partial charge in [0.15, 0.2) is 0 Å². The molecule has 0 aliphatic rings. The van der Waals surface area contributed by atoms with Crippen LogP contribution in [0.4, 0.5) is 0 Å². The van der Waals surface area contributed by atoms with Crippen molar-refractivity contribution >= 4 is 5.97 Å². The first-order valence-corrected chi connectivity index (χ1v) is 8.80. The second kappa shape index (κ2) is 11.2. The van der Waals surface area contributed by atoms with Gasteiger partial charge in [0.25, 0.3) is 0 Å². The highest BCUT2D eigenvalue weighted by Gasteiger charge is 2.19. The van der Waals surface area contributed by atoms with Crippen LogP contribution in [-0.2, 0) is 32.2 Å². The van der Waals surface area contributed by atoms with E-state index >= 15 is 0 Å². The van der Waals surface area contributed by atoms with Crippen molar-refractivity contribution in [3.05, 3.63) is 78.4 Å². The van der Waals surface area contributed by atoms with Gasteiger partial charge in [0, 0.05) is 0 Å². The van der Waals surface area contributed by atoms with Crippen LogP contribution in [0.15, 0.2) is 67.3 Å². The first-order chi connectivity index (χ1) is 13.1. The predicted octanol–water partition coefficient (Wildman–Crippen LogP) is 3.91. The van der Waals surface area contributed by atoms with E-state index in [9.17, 15) is 4.79 Å². The zero-order valence-electron chi connectivity index (χ0n) is 15.8. The Kier molecular flexibility index (Phi) is 8.55. The number of hydrogen-bond donors (Lipinski definition) is 0. The van der Waals surface area contributed by atoms with E-state index in [4.69, 9.17) is 18.9 Å². The molecule has 2 atom stereocenters. The molecule has 2 rings (SSSR count). The molecule has 0 heterocycles. The number of ether oxygens (including phenoxy) is 4. The number of carbonyl (C=O) groups excluding carboxylic acids is 1. The Bertz CT molecular complexity index is 696. The zero-order valence-corrected chi connectivity index (χ0v) is 15.8. The molecule has 2 aromatic rings. The molecule has 144 valence electrons. The van der Waals surface area contributed by atoms with Crippen LogP contribution in [0.2, 0.25) is 0 Å². The van der Waals surface area contributed by atoms with Gasteiger partial charge in [-0.05, 0) is 36.3 Å². The third kappa shape index (κ3) is 7.25. The zero-order chi connectivity index (χ0) is 19.5. The van der Waals surface area contributed by atoms with Crippen LogP contribution in [0.1, 0.15) is 18.1 Å². The topological polar surface area (TPSA) is 54.0 Å². The molecule has 0 saturated heterocycles. The Morgan fingerprint density at radius 3 is 2.33 bits per heavy atom. The van der Waals surface area contributed by atoms with E-state index < -0.39 is 12.1 Å². The predicted molar refractivity (Wildman–Crippen MR) is 103 cm³/mol. The van der Waals surface area contributed by atoms with Gasteiger partial charge < -0.3 is 18.9 Å². The van der Waals surface area contributed by atoms with Gasteiger partial charge in [0.2, 0.25) is 0 Å². The van der Waals surface area contributed by atoms with Crippen molar-refractivity contribution in [3.63, 3.8) is 0 Å². The summed E-state index contributed by atoms with van der Waals surface area (Å²) in [5.74, 6) is 0.319. The average Bonchev–Trinajstić information content (AvgIpc) is 2.71. The van der Waals surface area contributed by atoms with E-state index in [1.807, 2.05) is 61.5 Å². The van der Waals surface area contributed by atoms with Crippen molar-refractivity contribution in [1.29, 1.82) is 0 Å². The van der Waals surface area contributed by atoms with Gasteiger partial charge in [-0.3, -0.25) is 0 Å². The maximum Gasteiger partial charge on any atom is 0.332 e. The monoisotopic (exact) mass is 370 g/mol. The summed E-state index contributed by atoms with van der Waals surface area (Å²) in [7, 11) is 1.61. The van der Waals surface area contributed by atoms with E-state index in [1.165, 1.54) is 0 Å². The Labute approximate surface area is 160 Å². The molecule has 0 radical (unpaired) electrons. The molecule has 2 aromatic carbocycles. The van der Waals surface area contributed by atoms with Crippen LogP contribution in [0.25, 0.3) is 0 Å². The number of hydrogen-bond acceptors (Lipinski definition) is 5. The van der Waals surface area contributed by atoms with Gasteiger partial charge in [-0.2, -0.15) is 0 Å². The first-order valence-electron chi connectivity index (χ1n) is 8.80. The molecule has 0 aliphatic heterocycles. The van der Waals surface area contributed by atoms with Crippen LogP contribution in [0.3, 0.4) is 0 Å². The molecule has 0 bridgehead atoms. The van der Waals surface area contributed by atoms with Crippen molar-refractivity contribution in [1.82, 2.24) is 0 Å². The number of carbonyl (C=O) groups is 1. The van der Waals surface area contributed by atoms with Gasteiger partial charge in [-0.1, -0.05) is 49.0 Å². The van der Waals surface area contributed by atoms with E-state index in [1.54, 1.807) is 13.2 Å². The lowest BCUT2D eigenvalue weighted by atomic mass is 10.2. The van der Waals surface area contributed by atoms with Crippen molar-refractivity contribution in [3.8, 4) is 5.75 Å². The third-order valence-corrected chi connectivity index (χ3v) is 3.97. The van der Waals surface area contributed by atoms with Gasteiger partial charge in [0.1, 0.15) is 18.5 Å². The summed E-state index contributed by atoms with van der Waals surface area (Å²) in [4.78, 5) is 12.0. The highest BCUT2D eigenvalue weighted by atomic mass is 16.6. The normalized spacial score (nSPS) is 12.8. The molecule has 0 fully saturated rings. The Morgan fingerprint density at radius 1 is 1.04 bits per heavy atom. The van der Waals surface area contributed by atoms with Crippen LogP contribution < -0.4 is 4.74 Å². The summed E-state index contributed by atoms with van der Waals surface area (Å²) in [6.07, 6.45) is 0.718. The maximum absolute atomic E-state index is 12.0. The fourth-order valence-electron chi connectivity index (χ4n) is 2.39. The molecule has 5 nitrogen and oxygen atoms in total. The molecule has 0 saturated carbocycles. The second-order valence-corrected chi connectivity index (χ2v) is 6.03. The maximum atomic E-state index is 12.0. The Morgan fingerprint density at radius 2 is 1.70 bits per heavy atom. The van der Waals surface area contributed by atoms with Crippen molar-refractivity contribution in [2.75, 3.05) is 13.7 Å². The summed E-state index contributed by atoms with van der Waals surface area (Å²) in [6, 6.07) is 17.3. The van der Waals surface area contributed by atoms with Crippen LogP contribution in [0, 0.1) is 0 Å². The minimum absolute atomic E-state index is 0.137. The molecule has 0 spiro atoms. The standard InChI is InChI=1S/C22H26O5/c1-4-21(17(2)26-15-18-8-6-5-7-9-18)27-22(23)16-25-14-19-10-12-20(24-3)13-11-19/h4-13,17,21H,1,14-16H2,2-3H3/t17-,21+/m0/s1. The van der Waals surface area contributed by atoms with Crippen LogP contribution in [0.5, 0.6) is 5.75 Å². The minimum Gasteiger partial charge on any atom is -0.497 e. The largest absolute Gasteiger partial charge is 0.497 e. The molecular formula is C22H26O5. The van der Waals surface area contributed by atoms with Crippen molar-refractivity contribution in [2.45, 2.75) is 32.3 Å². The summed E-state index contributed by atoms with van der Waals surface area (Å²) in [5.41, 5.74) is 2.00. The summed E-state index contributed by atoms with van der Waals surface area (Å²) >= 11 is 0. The Balaban J connectivity index is 1.72. The van der Waals surface area contributed by atoms with Gasteiger partial charge in [-0.15, -0.1) is 0 Å². The number of esters is 1. The SMILES string of the molecule is C=C[C@@H](OC(=O)COCc1ccc(OC)cc1)[C@H](C)OCc1ccccc1. The van der Waals surface area contributed by atoms with Gasteiger partial charge in [0.05, 0.1) is 26.4 Å². The number of methoxy groups -OCH3 is 1. The Hall–Kier alpha value is -2.63. The van der Waals surface area contributed by atoms with E-state index in [2.05, 4.69) is 6.58 Å². The molecule has 5 heteroatoms. The lowest BCUT2D eigenvalue weighted by Crippen LogP contribution is -2.31. The summed E-state index contributed by atoms with van der Waals surface area (Å²) < 4.78 is 21.7. The molecule has 0 unspecified atom stereocenters. The first kappa shape index (κ1) is 20.7.